The van der Waals surface area contributed by atoms with Crippen LogP contribution in [0, 0.1) is 6.92 Å². The average Bonchev–Trinajstić information content (AvgIpc) is 3.04. The third kappa shape index (κ3) is 1.77. The monoisotopic (exact) mass is 318 g/mol. The van der Waals surface area contributed by atoms with Gasteiger partial charge in [-0.25, -0.2) is 4.98 Å². The van der Waals surface area contributed by atoms with Crippen LogP contribution < -0.4 is 0 Å². The Labute approximate surface area is 142 Å². The highest BCUT2D eigenvalue weighted by atomic mass is 15.2. The van der Waals surface area contributed by atoms with Crippen LogP contribution in [0.25, 0.3) is 11.0 Å². The van der Waals surface area contributed by atoms with Crippen molar-refractivity contribution >= 4 is 11.0 Å². The van der Waals surface area contributed by atoms with Crippen molar-refractivity contribution in [2.24, 2.45) is 0 Å². The molecule has 0 aliphatic carbocycles. The number of pyridine rings is 2. The molecule has 5 heterocycles. The molecule has 3 aromatic rings. The number of rotatable bonds is 1. The van der Waals surface area contributed by atoms with Gasteiger partial charge < -0.3 is 9.47 Å². The smallest absolute Gasteiger partial charge is 0.141 e. The Morgan fingerprint density at radius 2 is 2.04 bits per heavy atom. The van der Waals surface area contributed by atoms with Gasteiger partial charge in [-0.2, -0.15) is 0 Å². The van der Waals surface area contributed by atoms with Gasteiger partial charge in [0.05, 0.1) is 6.04 Å². The Kier molecular flexibility index (Phi) is 2.76. The predicted molar refractivity (Wildman–Crippen MR) is 95.1 cm³/mol. The minimum Gasteiger partial charge on any atom is -0.321 e. The van der Waals surface area contributed by atoms with E-state index in [1.54, 1.807) is 0 Å². The summed E-state index contributed by atoms with van der Waals surface area (Å²) in [5.74, 6) is 0. The number of hydrogen-bond acceptors (Lipinski definition) is 3. The third-order valence-electron chi connectivity index (χ3n) is 5.75. The van der Waals surface area contributed by atoms with Crippen LogP contribution in [0.1, 0.15) is 41.8 Å². The minimum atomic E-state index is 0.185. The molecule has 2 atom stereocenters. The van der Waals surface area contributed by atoms with Crippen LogP contribution in [0.15, 0.2) is 36.8 Å². The molecule has 0 bridgehead atoms. The lowest BCUT2D eigenvalue weighted by atomic mass is 9.78. The summed E-state index contributed by atoms with van der Waals surface area (Å²) in [4.78, 5) is 11.5. The summed E-state index contributed by atoms with van der Waals surface area (Å²) in [5, 5.41) is 1.33. The topological polar surface area (TPSA) is 34.0 Å². The van der Waals surface area contributed by atoms with Gasteiger partial charge in [-0.1, -0.05) is 6.92 Å². The van der Waals surface area contributed by atoms with Crippen molar-refractivity contribution < 1.29 is 0 Å². The standard InChI is InChI=1S/C20H22N4/c1-13-8-15-16-11-23(3)12-20(2)9-17(14-4-6-21-7-5-14)24(18(16)20)19(15)22-10-13/h4-8,10,17H,9,11-12H2,1-3H3. The second-order valence-corrected chi connectivity index (χ2v) is 7.81. The first-order chi connectivity index (χ1) is 11.6. The zero-order valence-electron chi connectivity index (χ0n) is 14.5. The van der Waals surface area contributed by atoms with Crippen LogP contribution in [0.4, 0.5) is 0 Å². The van der Waals surface area contributed by atoms with E-state index in [4.69, 9.17) is 4.98 Å². The van der Waals surface area contributed by atoms with Gasteiger partial charge in [-0.15, -0.1) is 0 Å². The van der Waals surface area contributed by atoms with E-state index in [-0.39, 0.29) is 5.41 Å². The summed E-state index contributed by atoms with van der Waals surface area (Å²) in [7, 11) is 2.24. The number of fused-ring (bicyclic) bond motifs is 3. The van der Waals surface area contributed by atoms with Crippen LogP contribution in [-0.4, -0.2) is 33.0 Å². The van der Waals surface area contributed by atoms with E-state index < -0.39 is 0 Å². The van der Waals surface area contributed by atoms with Crippen molar-refractivity contribution in [3.05, 3.63) is 59.2 Å². The lowest BCUT2D eigenvalue weighted by molar-refractivity contribution is 0.223. The molecule has 2 aliphatic rings. The summed E-state index contributed by atoms with van der Waals surface area (Å²) >= 11 is 0. The second kappa shape index (κ2) is 4.67. The van der Waals surface area contributed by atoms with E-state index in [2.05, 4.69) is 53.5 Å². The van der Waals surface area contributed by atoms with Crippen LogP contribution in [-0.2, 0) is 12.0 Å². The number of aryl methyl sites for hydroxylation is 1. The third-order valence-corrected chi connectivity index (χ3v) is 5.75. The molecule has 0 fully saturated rings. The molecular formula is C20H22N4. The van der Waals surface area contributed by atoms with Gasteiger partial charge in [0.2, 0.25) is 0 Å². The van der Waals surface area contributed by atoms with Crippen molar-refractivity contribution in [3.63, 3.8) is 0 Å². The molecular weight excluding hydrogens is 296 g/mol. The van der Waals surface area contributed by atoms with Crippen LogP contribution in [0.5, 0.6) is 0 Å². The Morgan fingerprint density at radius 3 is 2.83 bits per heavy atom. The van der Waals surface area contributed by atoms with Gasteiger partial charge >= 0.3 is 0 Å². The summed E-state index contributed by atoms with van der Waals surface area (Å²) in [5.41, 5.74) is 6.89. The number of aromatic nitrogens is 3. The van der Waals surface area contributed by atoms with E-state index in [1.165, 1.54) is 27.8 Å². The maximum Gasteiger partial charge on any atom is 0.141 e. The molecule has 0 aromatic carbocycles. The molecule has 5 rings (SSSR count). The first kappa shape index (κ1) is 14.2. The molecule has 4 heteroatoms. The molecule has 24 heavy (non-hydrogen) atoms. The highest BCUT2D eigenvalue weighted by Gasteiger charge is 2.47. The van der Waals surface area contributed by atoms with Crippen molar-refractivity contribution in [3.8, 4) is 0 Å². The number of likely N-dealkylation sites (N-methyl/N-ethyl adjacent to an activating group) is 1. The molecule has 4 nitrogen and oxygen atoms in total. The molecule has 0 saturated carbocycles. The lowest BCUT2D eigenvalue weighted by Gasteiger charge is -2.36. The summed E-state index contributed by atoms with van der Waals surface area (Å²) in [6.07, 6.45) is 6.94. The molecule has 0 amide bonds. The van der Waals surface area contributed by atoms with Gasteiger partial charge in [0.25, 0.3) is 0 Å². The normalized spacial score (nSPS) is 26.0. The largest absolute Gasteiger partial charge is 0.321 e. The van der Waals surface area contributed by atoms with E-state index in [1.807, 2.05) is 18.6 Å². The summed E-state index contributed by atoms with van der Waals surface area (Å²) < 4.78 is 2.52. The quantitative estimate of drug-likeness (QED) is 0.689. The Morgan fingerprint density at radius 1 is 1.25 bits per heavy atom. The molecule has 2 aliphatic heterocycles. The average molecular weight is 318 g/mol. The molecule has 2 unspecified atom stereocenters. The first-order valence-corrected chi connectivity index (χ1v) is 8.65. The van der Waals surface area contributed by atoms with Crippen molar-refractivity contribution in [2.45, 2.75) is 38.3 Å². The molecule has 0 radical (unpaired) electrons. The SMILES string of the molecule is Cc1cnc2c(c1)c1c3n2C(c2ccncc2)CC3(C)CN(C)C1. The van der Waals surface area contributed by atoms with E-state index >= 15 is 0 Å². The lowest BCUT2D eigenvalue weighted by Crippen LogP contribution is -2.40. The Bertz CT molecular complexity index is 943. The van der Waals surface area contributed by atoms with Crippen molar-refractivity contribution in [1.29, 1.82) is 0 Å². The van der Waals surface area contributed by atoms with Gasteiger partial charge in [0.15, 0.2) is 0 Å². The second-order valence-electron chi connectivity index (χ2n) is 7.81. The first-order valence-electron chi connectivity index (χ1n) is 8.65. The van der Waals surface area contributed by atoms with Gasteiger partial charge in [0, 0.05) is 48.2 Å². The fourth-order valence-electron chi connectivity index (χ4n) is 5.00. The van der Waals surface area contributed by atoms with E-state index in [0.29, 0.717) is 6.04 Å². The highest BCUT2D eigenvalue weighted by molar-refractivity contribution is 5.84. The van der Waals surface area contributed by atoms with Crippen LogP contribution in [0.2, 0.25) is 0 Å². The van der Waals surface area contributed by atoms with Crippen molar-refractivity contribution in [2.75, 3.05) is 13.6 Å². The van der Waals surface area contributed by atoms with Crippen LogP contribution >= 0.6 is 0 Å². The van der Waals surface area contributed by atoms with Gasteiger partial charge in [-0.3, -0.25) is 4.98 Å². The Hall–Kier alpha value is -2.20. The minimum absolute atomic E-state index is 0.185. The maximum absolute atomic E-state index is 4.84. The number of hydrogen-bond donors (Lipinski definition) is 0. The zero-order chi connectivity index (χ0) is 16.5. The molecule has 0 N–H and O–H groups in total. The molecule has 0 saturated heterocycles. The molecule has 3 aromatic heterocycles. The fourth-order valence-corrected chi connectivity index (χ4v) is 5.00. The van der Waals surface area contributed by atoms with Crippen LogP contribution in [0.3, 0.4) is 0 Å². The van der Waals surface area contributed by atoms with Gasteiger partial charge in [-0.05, 0) is 55.3 Å². The van der Waals surface area contributed by atoms with Gasteiger partial charge in [0.1, 0.15) is 5.65 Å². The molecule has 122 valence electrons. The summed E-state index contributed by atoms with van der Waals surface area (Å²) in [6.45, 7) is 6.68. The highest BCUT2D eigenvalue weighted by Crippen LogP contribution is 2.51. The Balaban J connectivity index is 1.84. The number of nitrogens with zero attached hydrogens (tertiary/aromatic N) is 4. The predicted octanol–water partition coefficient (Wildman–Crippen LogP) is 3.44. The van der Waals surface area contributed by atoms with E-state index in [0.717, 1.165) is 25.2 Å². The van der Waals surface area contributed by atoms with E-state index in [9.17, 15) is 0 Å². The zero-order valence-corrected chi connectivity index (χ0v) is 14.5. The van der Waals surface area contributed by atoms with Crippen molar-refractivity contribution in [1.82, 2.24) is 19.4 Å². The fraction of sp³-hybridized carbons (Fsp3) is 0.400. The maximum atomic E-state index is 4.84. The molecule has 0 spiro atoms. The summed E-state index contributed by atoms with van der Waals surface area (Å²) in [6, 6.07) is 6.97.